The van der Waals surface area contributed by atoms with Gasteiger partial charge in [-0.1, -0.05) is 45.4 Å². The summed E-state index contributed by atoms with van der Waals surface area (Å²) >= 11 is 0. The molecule has 3 nitrogen and oxygen atoms in total. The van der Waals surface area contributed by atoms with Crippen LogP contribution in [0.1, 0.15) is 83.6 Å². The Hall–Kier alpha value is -1.20. The molecule has 2 fully saturated rings. The predicted octanol–water partition coefficient (Wildman–Crippen LogP) is 6.81. The Morgan fingerprint density at radius 1 is 0.967 bits per heavy atom. The number of hydrogen-bond acceptors (Lipinski definition) is 3. The second-order valence-corrected chi connectivity index (χ2v) is 8.94. The fourth-order valence-electron chi connectivity index (χ4n) is 4.94. The van der Waals surface area contributed by atoms with E-state index in [9.17, 15) is 8.78 Å². The van der Waals surface area contributed by atoms with Crippen molar-refractivity contribution in [3.63, 3.8) is 0 Å². The molecule has 0 bridgehead atoms. The Labute approximate surface area is 180 Å². The Morgan fingerprint density at radius 2 is 1.77 bits per heavy atom. The van der Waals surface area contributed by atoms with E-state index in [0.29, 0.717) is 25.2 Å². The first kappa shape index (κ1) is 23.5. The molecule has 30 heavy (non-hydrogen) atoms. The Bertz CT molecular complexity index is 636. The van der Waals surface area contributed by atoms with Crippen LogP contribution in [0.4, 0.5) is 8.78 Å². The molecule has 2 aliphatic rings. The van der Waals surface area contributed by atoms with Crippen molar-refractivity contribution < 1.29 is 23.0 Å². The zero-order valence-electron chi connectivity index (χ0n) is 18.6. The van der Waals surface area contributed by atoms with Crippen LogP contribution < -0.4 is 4.74 Å². The average molecular weight is 425 g/mol. The maximum atomic E-state index is 14.2. The first-order valence-electron chi connectivity index (χ1n) is 11.9. The molecule has 1 aromatic carbocycles. The lowest BCUT2D eigenvalue weighted by molar-refractivity contribution is -0.112. The van der Waals surface area contributed by atoms with Gasteiger partial charge in [0.05, 0.1) is 32.0 Å². The lowest BCUT2D eigenvalue weighted by Gasteiger charge is -2.37. The highest BCUT2D eigenvalue weighted by Crippen LogP contribution is 2.37. The smallest absolute Gasteiger partial charge is 0.200 e. The molecule has 0 aromatic heterocycles. The van der Waals surface area contributed by atoms with Gasteiger partial charge in [-0.05, 0) is 56.6 Å². The monoisotopic (exact) mass is 424 g/mol. The first-order chi connectivity index (χ1) is 14.6. The average Bonchev–Trinajstić information content (AvgIpc) is 2.78. The second kappa shape index (κ2) is 12.0. The van der Waals surface area contributed by atoms with Gasteiger partial charge >= 0.3 is 0 Å². The van der Waals surface area contributed by atoms with Crippen molar-refractivity contribution in [2.24, 2.45) is 11.8 Å². The first-order valence-corrected chi connectivity index (χ1v) is 11.9. The predicted molar refractivity (Wildman–Crippen MR) is 115 cm³/mol. The Balaban J connectivity index is 1.38. The lowest BCUT2D eigenvalue weighted by atomic mass is 9.76. The molecule has 1 aliphatic heterocycles. The third-order valence-electron chi connectivity index (χ3n) is 6.80. The van der Waals surface area contributed by atoms with E-state index in [1.54, 1.807) is 6.92 Å². The molecule has 2 unspecified atom stereocenters. The largest absolute Gasteiger partial charge is 0.491 e. The molecule has 0 N–H and O–H groups in total. The quantitative estimate of drug-likeness (QED) is 0.386. The van der Waals surface area contributed by atoms with Crippen LogP contribution >= 0.6 is 0 Å². The van der Waals surface area contributed by atoms with Gasteiger partial charge in [-0.15, -0.1) is 0 Å². The van der Waals surface area contributed by atoms with Crippen LogP contribution in [0.5, 0.6) is 5.75 Å². The molecule has 1 heterocycles. The van der Waals surface area contributed by atoms with Crippen molar-refractivity contribution in [2.45, 2.75) is 96.9 Å². The number of unbranched alkanes of at least 4 members (excludes halogenated alkanes) is 2. The minimum absolute atomic E-state index is 0.0523. The number of rotatable bonds is 10. The van der Waals surface area contributed by atoms with Crippen molar-refractivity contribution >= 4 is 0 Å². The standard InChI is InChI=1S/C25H38F2O3/c1-3-5-6-7-18-8-10-19(11-9-18)22-15-13-21(17-30-22)29-16-20-12-14-23(28-4-2)25(27)24(20)26/h12,14,18-19,21-22H,3-11,13,15-17H2,1-2H3. The number of ether oxygens (including phenoxy) is 3. The van der Waals surface area contributed by atoms with Crippen LogP contribution in [-0.4, -0.2) is 25.4 Å². The van der Waals surface area contributed by atoms with Crippen LogP contribution in [0.15, 0.2) is 12.1 Å². The van der Waals surface area contributed by atoms with Gasteiger partial charge in [0, 0.05) is 5.56 Å². The van der Waals surface area contributed by atoms with Gasteiger partial charge < -0.3 is 14.2 Å². The van der Waals surface area contributed by atoms with E-state index in [1.807, 2.05) is 0 Å². The molecule has 1 saturated heterocycles. The molecule has 5 heteroatoms. The number of hydrogen-bond donors (Lipinski definition) is 0. The second-order valence-electron chi connectivity index (χ2n) is 8.94. The SMILES string of the molecule is CCCCCC1CCC(C2CCC(OCc3ccc(OCC)c(F)c3F)CO2)CC1. The van der Waals surface area contributed by atoms with Crippen LogP contribution in [-0.2, 0) is 16.1 Å². The van der Waals surface area contributed by atoms with Crippen molar-refractivity contribution in [2.75, 3.05) is 13.2 Å². The zero-order valence-corrected chi connectivity index (χ0v) is 18.6. The fraction of sp³-hybridized carbons (Fsp3) is 0.760. The topological polar surface area (TPSA) is 27.7 Å². The highest BCUT2D eigenvalue weighted by molar-refractivity contribution is 5.30. The van der Waals surface area contributed by atoms with E-state index in [0.717, 1.165) is 18.8 Å². The summed E-state index contributed by atoms with van der Waals surface area (Å²) in [6.07, 6.45) is 12.9. The lowest BCUT2D eigenvalue weighted by Crippen LogP contribution is -2.37. The third-order valence-corrected chi connectivity index (χ3v) is 6.80. The molecular formula is C25H38F2O3. The Morgan fingerprint density at radius 3 is 2.43 bits per heavy atom. The van der Waals surface area contributed by atoms with Crippen molar-refractivity contribution in [1.82, 2.24) is 0 Å². The van der Waals surface area contributed by atoms with E-state index in [2.05, 4.69) is 6.92 Å². The van der Waals surface area contributed by atoms with Gasteiger partial charge in [-0.3, -0.25) is 0 Å². The highest BCUT2D eigenvalue weighted by atomic mass is 19.2. The van der Waals surface area contributed by atoms with Crippen LogP contribution in [0, 0.1) is 23.5 Å². The van der Waals surface area contributed by atoms with Crippen molar-refractivity contribution in [1.29, 1.82) is 0 Å². The van der Waals surface area contributed by atoms with Crippen LogP contribution in [0.25, 0.3) is 0 Å². The van der Waals surface area contributed by atoms with Crippen molar-refractivity contribution in [3.8, 4) is 5.75 Å². The van der Waals surface area contributed by atoms with Gasteiger partial charge in [-0.25, -0.2) is 4.39 Å². The third kappa shape index (κ3) is 6.40. The highest BCUT2D eigenvalue weighted by Gasteiger charge is 2.32. The molecule has 170 valence electrons. The van der Waals surface area contributed by atoms with Gasteiger partial charge in [-0.2, -0.15) is 4.39 Å². The molecule has 2 atom stereocenters. The molecule has 1 aliphatic carbocycles. The maximum Gasteiger partial charge on any atom is 0.200 e. The summed E-state index contributed by atoms with van der Waals surface area (Å²) in [4.78, 5) is 0. The Kier molecular flexibility index (Phi) is 9.38. The summed E-state index contributed by atoms with van der Waals surface area (Å²) in [6, 6.07) is 3.00. The van der Waals surface area contributed by atoms with Gasteiger partial charge in [0.1, 0.15) is 0 Å². The van der Waals surface area contributed by atoms with Gasteiger partial charge in [0.25, 0.3) is 0 Å². The van der Waals surface area contributed by atoms with Crippen LogP contribution in [0.3, 0.4) is 0 Å². The number of benzene rings is 1. The fourth-order valence-corrected chi connectivity index (χ4v) is 4.94. The minimum atomic E-state index is -0.941. The van der Waals surface area contributed by atoms with Gasteiger partial charge in [0.15, 0.2) is 11.6 Å². The molecule has 3 rings (SSSR count). The molecule has 0 amide bonds. The van der Waals surface area contributed by atoms with Crippen LogP contribution in [0.2, 0.25) is 0 Å². The molecule has 1 saturated carbocycles. The molecular weight excluding hydrogens is 386 g/mol. The maximum absolute atomic E-state index is 14.2. The normalized spacial score (nSPS) is 27.2. The summed E-state index contributed by atoms with van der Waals surface area (Å²) in [7, 11) is 0. The summed E-state index contributed by atoms with van der Waals surface area (Å²) in [5.74, 6) is -0.292. The summed E-state index contributed by atoms with van der Waals surface area (Å²) in [5, 5.41) is 0. The minimum Gasteiger partial charge on any atom is -0.491 e. The zero-order chi connectivity index (χ0) is 21.3. The van der Waals surface area contributed by atoms with E-state index >= 15 is 0 Å². The molecule has 0 radical (unpaired) electrons. The van der Waals surface area contributed by atoms with Gasteiger partial charge in [0.2, 0.25) is 5.82 Å². The van der Waals surface area contributed by atoms with E-state index in [-0.39, 0.29) is 24.0 Å². The number of halogens is 2. The van der Waals surface area contributed by atoms with E-state index in [4.69, 9.17) is 14.2 Å². The van der Waals surface area contributed by atoms with E-state index < -0.39 is 11.6 Å². The summed E-state index contributed by atoms with van der Waals surface area (Å²) in [5.41, 5.74) is 0.222. The summed E-state index contributed by atoms with van der Waals surface area (Å²) in [6.45, 7) is 4.90. The molecule has 0 spiro atoms. The van der Waals surface area contributed by atoms with E-state index in [1.165, 1.54) is 63.5 Å². The summed E-state index contributed by atoms with van der Waals surface area (Å²) < 4.78 is 45.3. The molecule has 1 aromatic rings. The van der Waals surface area contributed by atoms with Crippen molar-refractivity contribution in [3.05, 3.63) is 29.3 Å².